The summed E-state index contributed by atoms with van der Waals surface area (Å²) in [6, 6.07) is 4.80. The number of hydrogen-bond acceptors (Lipinski definition) is 5. The number of benzene rings is 1. The number of fused-ring (bicyclic) bond motifs is 1. The Kier molecular flexibility index (Phi) is 4.98. The number of carbonyl (C=O) groups is 1. The molecule has 140 valence electrons. The molecule has 0 spiro atoms. The fourth-order valence-corrected chi connectivity index (χ4v) is 7.65. The van der Waals surface area contributed by atoms with Gasteiger partial charge in [0, 0.05) is 17.5 Å². The van der Waals surface area contributed by atoms with E-state index in [0.717, 1.165) is 6.42 Å². The number of rotatable bonds is 2. The van der Waals surface area contributed by atoms with E-state index in [0.29, 0.717) is 33.9 Å². The zero-order valence-corrected chi connectivity index (χ0v) is 16.7. The van der Waals surface area contributed by atoms with Crippen LogP contribution in [0, 0.1) is 0 Å². The minimum absolute atomic E-state index is 0.0258. The van der Waals surface area contributed by atoms with Crippen LogP contribution in [-0.4, -0.2) is 55.0 Å². The van der Waals surface area contributed by atoms with Crippen molar-refractivity contribution in [3.63, 3.8) is 0 Å². The van der Waals surface area contributed by atoms with E-state index in [1.807, 2.05) is 0 Å². The van der Waals surface area contributed by atoms with Gasteiger partial charge in [0.2, 0.25) is 0 Å². The summed E-state index contributed by atoms with van der Waals surface area (Å²) in [6.45, 7) is 0.564. The van der Waals surface area contributed by atoms with Crippen LogP contribution < -0.4 is 4.90 Å². The van der Waals surface area contributed by atoms with E-state index in [1.54, 1.807) is 23.1 Å². The number of halogens is 2. The van der Waals surface area contributed by atoms with Gasteiger partial charge in [0.1, 0.15) is 6.10 Å². The number of aliphatic imine (C=N–C) groups is 1. The fraction of sp³-hybridized carbons (Fsp3) is 0.500. The molecule has 6 nitrogen and oxygen atoms in total. The van der Waals surface area contributed by atoms with Crippen LogP contribution in [0.3, 0.4) is 0 Å². The number of hydrogen-bond donors (Lipinski definition) is 0. The Morgan fingerprint density at radius 2 is 2.08 bits per heavy atom. The minimum Gasteiger partial charge on any atom is -0.368 e. The van der Waals surface area contributed by atoms with Gasteiger partial charge in [0.15, 0.2) is 15.0 Å². The third-order valence-electron chi connectivity index (χ3n) is 4.66. The molecule has 3 saturated heterocycles. The Labute approximate surface area is 165 Å². The number of carbonyl (C=O) groups excluding carboxylic acids is 1. The van der Waals surface area contributed by atoms with Crippen molar-refractivity contribution in [2.24, 2.45) is 4.99 Å². The molecule has 0 N–H and O–H groups in total. The summed E-state index contributed by atoms with van der Waals surface area (Å²) in [5.41, 5.74) is 0.676. The first-order valence-electron chi connectivity index (χ1n) is 8.19. The molecule has 3 atom stereocenters. The van der Waals surface area contributed by atoms with E-state index >= 15 is 0 Å². The van der Waals surface area contributed by atoms with E-state index in [4.69, 9.17) is 27.9 Å². The summed E-state index contributed by atoms with van der Waals surface area (Å²) in [7, 11) is -3.12. The lowest BCUT2D eigenvalue weighted by Gasteiger charge is -2.25. The number of amides is 1. The third-order valence-corrected chi connectivity index (χ3v) is 8.61. The van der Waals surface area contributed by atoms with Crippen LogP contribution in [0.2, 0.25) is 10.0 Å². The van der Waals surface area contributed by atoms with Crippen molar-refractivity contribution in [2.45, 2.75) is 30.2 Å². The number of amidine groups is 1. The quantitative estimate of drug-likeness (QED) is 0.711. The summed E-state index contributed by atoms with van der Waals surface area (Å²) >= 11 is 13.5. The molecule has 0 aromatic heterocycles. The number of anilines is 1. The summed E-state index contributed by atoms with van der Waals surface area (Å²) in [6.07, 6.45) is 0.991. The van der Waals surface area contributed by atoms with Crippen LogP contribution in [0.5, 0.6) is 0 Å². The summed E-state index contributed by atoms with van der Waals surface area (Å²) in [4.78, 5) is 18.5. The Bertz CT molecular complexity index is 884. The molecule has 1 aromatic rings. The summed E-state index contributed by atoms with van der Waals surface area (Å²) in [5.74, 6) is -0.219. The maximum Gasteiger partial charge on any atom is 0.277 e. The van der Waals surface area contributed by atoms with Gasteiger partial charge in [-0.05, 0) is 31.0 Å². The van der Waals surface area contributed by atoms with Crippen molar-refractivity contribution >= 4 is 61.6 Å². The van der Waals surface area contributed by atoms with Crippen molar-refractivity contribution in [3.8, 4) is 0 Å². The topological polar surface area (TPSA) is 76.0 Å². The zero-order chi connectivity index (χ0) is 18.5. The van der Waals surface area contributed by atoms with E-state index in [2.05, 4.69) is 4.99 Å². The molecule has 3 aliphatic rings. The molecule has 1 aromatic carbocycles. The van der Waals surface area contributed by atoms with Crippen molar-refractivity contribution in [1.82, 2.24) is 0 Å². The normalized spacial score (nSPS) is 31.5. The number of sulfone groups is 1. The largest absolute Gasteiger partial charge is 0.368 e. The lowest BCUT2D eigenvalue weighted by atomic mass is 10.2. The van der Waals surface area contributed by atoms with Crippen molar-refractivity contribution < 1.29 is 17.9 Å². The molecular weight excluding hydrogens is 419 g/mol. The summed E-state index contributed by atoms with van der Waals surface area (Å²) in [5, 5.41) is 1.11. The summed E-state index contributed by atoms with van der Waals surface area (Å²) < 4.78 is 29.5. The number of thioether (sulfide) groups is 1. The van der Waals surface area contributed by atoms with Crippen molar-refractivity contribution in [2.75, 3.05) is 23.0 Å². The molecule has 0 aliphatic carbocycles. The molecule has 0 saturated carbocycles. The van der Waals surface area contributed by atoms with Gasteiger partial charge in [-0.15, -0.1) is 0 Å². The highest BCUT2D eigenvalue weighted by Crippen LogP contribution is 2.42. The lowest BCUT2D eigenvalue weighted by Crippen LogP contribution is -2.38. The molecule has 0 unspecified atom stereocenters. The van der Waals surface area contributed by atoms with Gasteiger partial charge in [0.25, 0.3) is 5.91 Å². The van der Waals surface area contributed by atoms with Gasteiger partial charge in [-0.25, -0.2) is 8.42 Å². The van der Waals surface area contributed by atoms with Gasteiger partial charge in [0.05, 0.1) is 27.6 Å². The van der Waals surface area contributed by atoms with Crippen LogP contribution in [0.25, 0.3) is 0 Å². The molecule has 1 amide bonds. The molecule has 26 heavy (non-hydrogen) atoms. The molecule has 10 heteroatoms. The third kappa shape index (κ3) is 3.49. The molecular formula is C16H16Cl2N2O4S2. The highest BCUT2D eigenvalue weighted by molar-refractivity contribution is 8.16. The number of ether oxygens (including phenoxy) is 1. The average Bonchev–Trinajstić information content (AvgIpc) is 3.25. The Hall–Kier alpha value is -0.800. The van der Waals surface area contributed by atoms with Gasteiger partial charge >= 0.3 is 0 Å². The SMILES string of the molecule is O=C(N=C1S[C@@H]2CS(=O)(=O)C[C@@H]2N1c1ccc(Cl)c(Cl)c1)[C@@H]1CCCO1. The smallest absolute Gasteiger partial charge is 0.277 e. The molecule has 3 fully saturated rings. The molecule has 0 radical (unpaired) electrons. The van der Waals surface area contributed by atoms with Crippen LogP contribution in [0.15, 0.2) is 23.2 Å². The molecule has 3 heterocycles. The Morgan fingerprint density at radius 1 is 1.27 bits per heavy atom. The maximum absolute atomic E-state index is 12.4. The van der Waals surface area contributed by atoms with Gasteiger partial charge < -0.3 is 9.64 Å². The van der Waals surface area contributed by atoms with Crippen molar-refractivity contribution in [1.29, 1.82) is 0 Å². The van der Waals surface area contributed by atoms with Crippen molar-refractivity contribution in [3.05, 3.63) is 28.2 Å². The standard InChI is InChI=1S/C16H16Cl2N2O4S2/c17-10-4-3-9(6-11(10)18)20-12-7-26(22,23)8-14(12)25-16(20)19-15(21)13-2-1-5-24-13/h3-4,6,12-14H,1-2,5,7-8H2/t12-,13-,14+/m0/s1. The molecule has 3 aliphatic heterocycles. The maximum atomic E-state index is 12.4. The van der Waals surface area contributed by atoms with Gasteiger partial charge in [-0.1, -0.05) is 35.0 Å². The molecule has 0 bridgehead atoms. The van der Waals surface area contributed by atoms with E-state index in [9.17, 15) is 13.2 Å². The molecule has 4 rings (SSSR count). The van der Waals surface area contributed by atoms with Crippen LogP contribution in [-0.2, 0) is 19.4 Å². The zero-order valence-electron chi connectivity index (χ0n) is 13.6. The average molecular weight is 435 g/mol. The van der Waals surface area contributed by atoms with E-state index < -0.39 is 15.9 Å². The van der Waals surface area contributed by atoms with Crippen LogP contribution in [0.4, 0.5) is 5.69 Å². The highest BCUT2D eigenvalue weighted by atomic mass is 35.5. The lowest BCUT2D eigenvalue weighted by molar-refractivity contribution is -0.126. The number of nitrogens with zero attached hydrogens (tertiary/aromatic N) is 2. The van der Waals surface area contributed by atoms with Crippen LogP contribution >= 0.6 is 35.0 Å². The second kappa shape index (κ2) is 6.98. The minimum atomic E-state index is -3.12. The fourth-order valence-electron chi connectivity index (χ4n) is 3.44. The van der Waals surface area contributed by atoms with E-state index in [1.165, 1.54) is 11.8 Å². The van der Waals surface area contributed by atoms with Gasteiger partial charge in [-0.2, -0.15) is 4.99 Å². The second-order valence-corrected chi connectivity index (χ2v) is 10.7. The van der Waals surface area contributed by atoms with Gasteiger partial charge in [-0.3, -0.25) is 4.79 Å². The predicted octanol–water partition coefficient (Wildman–Crippen LogP) is 2.77. The highest BCUT2D eigenvalue weighted by Gasteiger charge is 2.49. The second-order valence-electron chi connectivity index (χ2n) is 6.50. The Morgan fingerprint density at radius 3 is 2.77 bits per heavy atom. The monoisotopic (exact) mass is 434 g/mol. The first-order valence-corrected chi connectivity index (χ1v) is 11.7. The van der Waals surface area contributed by atoms with Crippen LogP contribution in [0.1, 0.15) is 12.8 Å². The Balaban J connectivity index is 1.70. The first-order chi connectivity index (χ1) is 12.3. The first kappa shape index (κ1) is 18.6. The van der Waals surface area contributed by atoms with E-state index in [-0.39, 0.29) is 28.7 Å². The predicted molar refractivity (Wildman–Crippen MR) is 104 cm³/mol.